The first-order valence-corrected chi connectivity index (χ1v) is 12.8. The van der Waals surface area contributed by atoms with E-state index < -0.39 is 69.8 Å². The van der Waals surface area contributed by atoms with Crippen LogP contribution in [0.3, 0.4) is 0 Å². The number of hydrogen-bond donors (Lipinski definition) is 5. The fourth-order valence-electron chi connectivity index (χ4n) is 7.90. The Morgan fingerprint density at radius 2 is 1.75 bits per heavy atom. The quantitative estimate of drug-likeness (QED) is 0.388. The Kier molecular flexibility index (Phi) is 6.02. The minimum absolute atomic E-state index is 0.109. The molecule has 1 amide bonds. The summed E-state index contributed by atoms with van der Waals surface area (Å²) in [6.07, 6.45) is -3.11. The summed E-state index contributed by atoms with van der Waals surface area (Å²) in [4.78, 5) is 39.9. The fraction of sp³-hybridized carbons (Fsp3) is 0.679. The second-order valence-corrected chi connectivity index (χ2v) is 12.9. The number of phenolic OH excluding ortho intramolecular Hbond substituents is 1. The fourth-order valence-corrected chi connectivity index (χ4v) is 7.90. The number of Topliss-reactive ketones (excluding diaryl/α,β-unsaturated/α-hetero) is 2. The lowest BCUT2D eigenvalue weighted by Crippen LogP contribution is -2.78. The molecule has 4 rings (SSSR count). The molecule has 198 valence electrons. The van der Waals surface area contributed by atoms with Crippen molar-refractivity contribution in [1.82, 2.24) is 0 Å². The number of aromatic hydroxyl groups is 1. The van der Waals surface area contributed by atoms with Crippen LogP contribution in [-0.2, 0) is 15.0 Å². The molecule has 2 fully saturated rings. The van der Waals surface area contributed by atoms with Crippen molar-refractivity contribution >= 4 is 17.5 Å². The molecule has 0 spiro atoms. The largest absolute Gasteiger partial charge is 0.507 e. The maximum atomic E-state index is 13.9. The number of primary amides is 1. The summed E-state index contributed by atoms with van der Waals surface area (Å²) in [5.74, 6) is -7.44. The van der Waals surface area contributed by atoms with Crippen LogP contribution in [0.4, 0.5) is 0 Å². The first-order chi connectivity index (χ1) is 16.4. The summed E-state index contributed by atoms with van der Waals surface area (Å²) in [5.41, 5.74) is 2.58. The smallest absolute Gasteiger partial charge is 0.230 e. The number of nitrogens with two attached hydrogens (primary N) is 1. The number of carbonyl (C=O) groups excluding carboxylic acids is 3. The van der Waals surface area contributed by atoms with E-state index in [0.29, 0.717) is 11.1 Å². The monoisotopic (exact) mass is 501 g/mol. The van der Waals surface area contributed by atoms with Crippen LogP contribution in [0.25, 0.3) is 0 Å². The Bertz CT molecular complexity index is 1140. The number of rotatable bonds is 2. The molecular weight excluding hydrogens is 462 g/mol. The molecule has 8 nitrogen and oxygen atoms in total. The molecule has 8 heteroatoms. The van der Waals surface area contributed by atoms with Gasteiger partial charge in [-0.25, -0.2) is 0 Å². The van der Waals surface area contributed by atoms with Gasteiger partial charge >= 0.3 is 0 Å². The highest BCUT2D eigenvalue weighted by atomic mass is 16.4. The van der Waals surface area contributed by atoms with Gasteiger partial charge in [0, 0.05) is 5.41 Å². The third kappa shape index (κ3) is 3.20. The summed E-state index contributed by atoms with van der Waals surface area (Å²) in [6, 6.07) is 3.66. The third-order valence-electron chi connectivity index (χ3n) is 9.59. The normalized spacial score (nSPS) is 40.5. The van der Waals surface area contributed by atoms with Crippen molar-refractivity contribution in [3.8, 4) is 5.75 Å². The number of aliphatic hydroxyl groups excluding tert-OH is 2. The molecule has 3 aliphatic rings. The van der Waals surface area contributed by atoms with E-state index in [4.69, 9.17) is 5.73 Å². The predicted molar refractivity (Wildman–Crippen MR) is 132 cm³/mol. The van der Waals surface area contributed by atoms with Crippen LogP contribution in [-0.4, -0.2) is 55.7 Å². The van der Waals surface area contributed by atoms with Crippen LogP contribution >= 0.6 is 0 Å². The second-order valence-electron chi connectivity index (χ2n) is 12.9. The molecule has 36 heavy (non-hydrogen) atoms. The average Bonchev–Trinajstić information content (AvgIpc) is 2.73. The van der Waals surface area contributed by atoms with Crippen molar-refractivity contribution in [3.05, 3.63) is 28.8 Å². The minimum Gasteiger partial charge on any atom is -0.507 e. The molecule has 1 aromatic rings. The van der Waals surface area contributed by atoms with Crippen molar-refractivity contribution in [2.24, 2.45) is 40.7 Å². The molecule has 0 aromatic heterocycles. The molecule has 0 saturated heterocycles. The number of aliphatic hydroxyl groups is 3. The first kappa shape index (κ1) is 26.8. The van der Waals surface area contributed by atoms with Gasteiger partial charge in [-0.15, -0.1) is 0 Å². The van der Waals surface area contributed by atoms with E-state index in [9.17, 15) is 34.8 Å². The van der Waals surface area contributed by atoms with Crippen molar-refractivity contribution in [2.45, 2.75) is 84.0 Å². The van der Waals surface area contributed by atoms with E-state index in [2.05, 4.69) is 0 Å². The van der Waals surface area contributed by atoms with Gasteiger partial charge in [0.2, 0.25) is 5.91 Å². The molecule has 3 aliphatic carbocycles. The Hall–Kier alpha value is -2.29. The van der Waals surface area contributed by atoms with Crippen molar-refractivity contribution < 1.29 is 34.8 Å². The van der Waals surface area contributed by atoms with Crippen molar-refractivity contribution in [1.29, 1.82) is 0 Å². The van der Waals surface area contributed by atoms with Gasteiger partial charge in [0.15, 0.2) is 17.2 Å². The zero-order valence-corrected chi connectivity index (χ0v) is 22.1. The van der Waals surface area contributed by atoms with Crippen molar-refractivity contribution in [2.75, 3.05) is 0 Å². The lowest BCUT2D eigenvalue weighted by Gasteiger charge is -2.64. The Morgan fingerprint density at radius 3 is 2.25 bits per heavy atom. The summed E-state index contributed by atoms with van der Waals surface area (Å²) in [7, 11) is 0. The van der Waals surface area contributed by atoms with E-state index in [1.807, 2.05) is 53.7 Å². The minimum atomic E-state index is -2.48. The average molecular weight is 502 g/mol. The summed E-state index contributed by atoms with van der Waals surface area (Å²) < 4.78 is 0. The molecule has 6 N–H and O–H groups in total. The van der Waals surface area contributed by atoms with Crippen LogP contribution in [0.2, 0.25) is 0 Å². The zero-order valence-electron chi connectivity index (χ0n) is 22.1. The molecule has 0 radical (unpaired) electrons. The number of amides is 1. The topological polar surface area (TPSA) is 158 Å². The Labute approximate surface area is 211 Å². The zero-order chi connectivity index (χ0) is 27.3. The molecule has 5 unspecified atom stereocenters. The summed E-state index contributed by atoms with van der Waals surface area (Å²) >= 11 is 0. The number of fused-ring (bicyclic) bond motifs is 3. The number of carbonyl (C=O) groups is 3. The third-order valence-corrected chi connectivity index (χ3v) is 9.59. The molecule has 0 heterocycles. The maximum absolute atomic E-state index is 13.9. The van der Waals surface area contributed by atoms with E-state index in [-0.39, 0.29) is 29.6 Å². The van der Waals surface area contributed by atoms with Crippen LogP contribution in [0.15, 0.2) is 12.1 Å². The first-order valence-electron chi connectivity index (χ1n) is 12.8. The van der Waals surface area contributed by atoms with Crippen LogP contribution in [0.1, 0.15) is 82.3 Å². The SMILES string of the molecule is CC1c2ccc(C(C)(C)C)c(O)c2C(=O)C2C1C[C@]1(C)[C@@H](C(C)C)C(O)[C@@H](C(N)=O)C(=O)[C@]1(O)C2O. The standard InChI is InChI=1S/C28H39NO7/c1-11(2)19-22(32)18(25(29)35)24(34)28(36)23(33)17-14(10-27(19,28)7)12(3)13-8-9-15(26(4,5)6)20(30)16(13)21(17)31/h8-9,11-12,14,17-19,22-23,30,32-33,36H,10H2,1-7H3,(H2,29,35)/t12?,14?,17?,18-,19+,22?,23?,27-,28-/m1/s1. The van der Waals surface area contributed by atoms with E-state index in [0.717, 1.165) is 0 Å². The molecular formula is C28H39NO7. The highest BCUT2D eigenvalue weighted by molar-refractivity contribution is 6.09. The van der Waals surface area contributed by atoms with Crippen LogP contribution < -0.4 is 5.73 Å². The van der Waals surface area contributed by atoms with Gasteiger partial charge in [0.25, 0.3) is 0 Å². The predicted octanol–water partition coefficient (Wildman–Crippen LogP) is 2.04. The van der Waals surface area contributed by atoms with Gasteiger partial charge in [0.05, 0.1) is 17.6 Å². The van der Waals surface area contributed by atoms with Crippen molar-refractivity contribution in [3.63, 3.8) is 0 Å². The van der Waals surface area contributed by atoms with Gasteiger partial charge < -0.3 is 26.2 Å². The highest BCUT2D eigenvalue weighted by Gasteiger charge is 2.74. The lowest BCUT2D eigenvalue weighted by molar-refractivity contribution is -0.255. The molecule has 0 aliphatic heterocycles. The Balaban J connectivity index is 1.94. The van der Waals surface area contributed by atoms with Crippen LogP contribution in [0.5, 0.6) is 5.75 Å². The highest BCUT2D eigenvalue weighted by Crippen LogP contribution is 2.64. The molecule has 0 bridgehead atoms. The Morgan fingerprint density at radius 1 is 1.17 bits per heavy atom. The van der Waals surface area contributed by atoms with Gasteiger partial charge in [-0.05, 0) is 46.6 Å². The van der Waals surface area contributed by atoms with Crippen LogP contribution in [0, 0.1) is 35.0 Å². The number of phenols is 1. The van der Waals surface area contributed by atoms with Gasteiger partial charge in [-0.1, -0.05) is 60.6 Å². The van der Waals surface area contributed by atoms with E-state index in [1.165, 1.54) is 0 Å². The maximum Gasteiger partial charge on any atom is 0.230 e. The number of ketones is 2. The summed E-state index contributed by atoms with van der Waals surface area (Å²) in [6.45, 7) is 13.0. The van der Waals surface area contributed by atoms with Gasteiger partial charge in [0.1, 0.15) is 17.8 Å². The number of benzene rings is 1. The molecule has 2 saturated carbocycles. The van der Waals surface area contributed by atoms with Gasteiger partial charge in [-0.2, -0.15) is 0 Å². The van der Waals surface area contributed by atoms with Gasteiger partial charge in [-0.3, -0.25) is 14.4 Å². The molecule has 1 aromatic carbocycles. The number of hydrogen-bond acceptors (Lipinski definition) is 7. The van der Waals surface area contributed by atoms with E-state index in [1.54, 1.807) is 6.92 Å². The molecule has 9 atom stereocenters. The summed E-state index contributed by atoms with van der Waals surface area (Å²) in [5, 5.41) is 46.1. The second kappa shape index (κ2) is 8.10. The van der Waals surface area contributed by atoms with E-state index >= 15 is 0 Å². The lowest BCUT2D eigenvalue weighted by atomic mass is 9.41.